The van der Waals surface area contributed by atoms with Crippen LogP contribution in [-0.2, 0) is 4.79 Å². The van der Waals surface area contributed by atoms with Gasteiger partial charge in [-0.3, -0.25) is 9.59 Å². The van der Waals surface area contributed by atoms with Gasteiger partial charge in [-0.05, 0) is 23.4 Å². The first kappa shape index (κ1) is 9.09. The van der Waals surface area contributed by atoms with Gasteiger partial charge in [-0.1, -0.05) is 24.3 Å². The zero-order chi connectivity index (χ0) is 11.1. The number of allylic oxidation sites excluding steroid dienone is 2. The lowest BCUT2D eigenvalue weighted by Crippen LogP contribution is -2.30. The zero-order valence-electron chi connectivity index (χ0n) is 8.49. The molecule has 0 aromatic heterocycles. The molecule has 1 aliphatic carbocycles. The Morgan fingerprint density at radius 3 is 2.56 bits per heavy atom. The Hall–Kier alpha value is -2.16. The number of benzene rings is 1. The van der Waals surface area contributed by atoms with Crippen LogP contribution in [0.2, 0.25) is 0 Å². The third-order valence-corrected chi connectivity index (χ3v) is 2.91. The quantitative estimate of drug-likeness (QED) is 0.658. The lowest BCUT2D eigenvalue weighted by atomic mass is 9.83. The fourth-order valence-electron chi connectivity index (χ4n) is 2.13. The predicted octanol–water partition coefficient (Wildman–Crippen LogP) is 1.32. The summed E-state index contributed by atoms with van der Waals surface area (Å²) in [6.45, 7) is 0.435. The first-order valence-corrected chi connectivity index (χ1v) is 5.10. The van der Waals surface area contributed by atoms with Crippen LogP contribution < -0.4 is 5.32 Å². The van der Waals surface area contributed by atoms with Gasteiger partial charge in [0, 0.05) is 17.7 Å². The third kappa shape index (κ3) is 1.08. The van der Waals surface area contributed by atoms with E-state index in [1.54, 1.807) is 18.3 Å². The summed E-state index contributed by atoms with van der Waals surface area (Å²) in [5.41, 5.74) is 2.82. The molecule has 0 amide bonds. The number of dihydropyridines is 1. The minimum atomic E-state index is -0.397. The van der Waals surface area contributed by atoms with E-state index in [9.17, 15) is 9.59 Å². The van der Waals surface area contributed by atoms with Crippen molar-refractivity contribution in [1.82, 2.24) is 5.32 Å². The first-order valence-electron chi connectivity index (χ1n) is 5.10. The second-order valence-corrected chi connectivity index (χ2v) is 3.81. The normalized spacial score (nSPS) is 18.0. The number of rotatable bonds is 0. The molecule has 16 heavy (non-hydrogen) atoms. The largest absolute Gasteiger partial charge is 0.387 e. The summed E-state index contributed by atoms with van der Waals surface area (Å²) < 4.78 is 0. The fourth-order valence-corrected chi connectivity index (χ4v) is 2.13. The number of fused-ring (bicyclic) bond motifs is 2. The summed E-state index contributed by atoms with van der Waals surface area (Å²) in [5, 5.41) is 2.95. The van der Waals surface area contributed by atoms with Crippen LogP contribution in [0.1, 0.15) is 15.9 Å². The number of hydrogen-bond acceptors (Lipinski definition) is 3. The highest BCUT2D eigenvalue weighted by Gasteiger charge is 2.31. The summed E-state index contributed by atoms with van der Waals surface area (Å²) in [5.74, 6) is -0.781. The summed E-state index contributed by atoms with van der Waals surface area (Å²) >= 11 is 0. The average molecular weight is 211 g/mol. The standard InChI is InChI=1S/C13H9NO2/c15-12-10-4-2-1-3-8(10)9-5-6-14-7-11(9)13(12)16/h1-6,14H,7H2. The SMILES string of the molecule is O=C1C(=O)c2ccccc2C2=C1CNC=C2. The first-order chi connectivity index (χ1) is 7.79. The Balaban J connectivity index is 2.33. The van der Waals surface area contributed by atoms with Gasteiger partial charge in [0.15, 0.2) is 0 Å². The number of nitrogens with one attached hydrogen (secondary N) is 1. The van der Waals surface area contributed by atoms with E-state index in [0.29, 0.717) is 17.7 Å². The molecule has 1 heterocycles. The van der Waals surface area contributed by atoms with Crippen LogP contribution in [0.4, 0.5) is 0 Å². The molecule has 0 atom stereocenters. The number of carbonyl (C=O) groups is 2. The maximum atomic E-state index is 11.8. The summed E-state index contributed by atoms with van der Waals surface area (Å²) in [7, 11) is 0. The molecule has 1 aromatic carbocycles. The number of ketones is 2. The molecule has 78 valence electrons. The van der Waals surface area contributed by atoms with E-state index in [0.717, 1.165) is 11.1 Å². The van der Waals surface area contributed by atoms with Crippen molar-refractivity contribution in [2.24, 2.45) is 0 Å². The molecular weight excluding hydrogens is 202 g/mol. The van der Waals surface area contributed by atoms with Crippen molar-refractivity contribution >= 4 is 17.1 Å². The van der Waals surface area contributed by atoms with Crippen molar-refractivity contribution in [3.63, 3.8) is 0 Å². The van der Waals surface area contributed by atoms with Gasteiger partial charge in [-0.2, -0.15) is 0 Å². The molecule has 3 nitrogen and oxygen atoms in total. The monoisotopic (exact) mass is 211 g/mol. The zero-order valence-corrected chi connectivity index (χ0v) is 8.49. The maximum Gasteiger partial charge on any atom is 0.233 e. The highest BCUT2D eigenvalue weighted by molar-refractivity contribution is 6.52. The van der Waals surface area contributed by atoms with E-state index in [-0.39, 0.29) is 5.78 Å². The summed E-state index contributed by atoms with van der Waals surface area (Å²) in [4.78, 5) is 23.7. The molecule has 1 aliphatic heterocycles. The van der Waals surface area contributed by atoms with Crippen molar-refractivity contribution in [1.29, 1.82) is 0 Å². The van der Waals surface area contributed by atoms with Crippen LogP contribution in [0.25, 0.3) is 5.57 Å². The second-order valence-electron chi connectivity index (χ2n) is 3.81. The van der Waals surface area contributed by atoms with Gasteiger partial charge in [0.1, 0.15) is 0 Å². The highest BCUT2D eigenvalue weighted by atomic mass is 16.2. The van der Waals surface area contributed by atoms with E-state index in [4.69, 9.17) is 0 Å². The molecule has 0 radical (unpaired) electrons. The Bertz CT molecular complexity index is 567. The molecule has 3 heteroatoms. The Labute approximate surface area is 92.5 Å². The van der Waals surface area contributed by atoms with Crippen molar-refractivity contribution in [2.75, 3.05) is 6.54 Å². The van der Waals surface area contributed by atoms with Gasteiger partial charge in [0.2, 0.25) is 11.6 Å². The molecule has 3 rings (SSSR count). The van der Waals surface area contributed by atoms with Crippen LogP contribution in [0, 0.1) is 0 Å². The predicted molar refractivity (Wildman–Crippen MR) is 59.8 cm³/mol. The van der Waals surface area contributed by atoms with E-state index >= 15 is 0 Å². The lowest BCUT2D eigenvalue weighted by molar-refractivity contribution is -0.111. The van der Waals surface area contributed by atoms with Crippen molar-refractivity contribution in [2.45, 2.75) is 0 Å². The van der Waals surface area contributed by atoms with Crippen LogP contribution in [0.5, 0.6) is 0 Å². The minimum absolute atomic E-state index is 0.384. The van der Waals surface area contributed by atoms with E-state index < -0.39 is 5.78 Å². The van der Waals surface area contributed by atoms with Gasteiger partial charge in [-0.15, -0.1) is 0 Å². The third-order valence-electron chi connectivity index (χ3n) is 2.91. The lowest BCUT2D eigenvalue weighted by Gasteiger charge is -2.22. The van der Waals surface area contributed by atoms with E-state index in [1.807, 2.05) is 18.2 Å². The van der Waals surface area contributed by atoms with Crippen molar-refractivity contribution in [3.8, 4) is 0 Å². The molecule has 0 saturated carbocycles. The smallest absolute Gasteiger partial charge is 0.233 e. The fraction of sp³-hybridized carbons (Fsp3) is 0.0769. The molecule has 1 N–H and O–H groups in total. The highest BCUT2D eigenvalue weighted by Crippen LogP contribution is 2.31. The van der Waals surface area contributed by atoms with Crippen LogP contribution in [0.3, 0.4) is 0 Å². The Morgan fingerprint density at radius 1 is 1.00 bits per heavy atom. The van der Waals surface area contributed by atoms with Crippen LogP contribution in [0.15, 0.2) is 42.1 Å². The second kappa shape index (κ2) is 3.17. The molecule has 0 fully saturated rings. The number of carbonyl (C=O) groups excluding carboxylic acids is 2. The average Bonchev–Trinajstić information content (AvgIpc) is 2.36. The summed E-state index contributed by atoms with van der Waals surface area (Å²) in [6.07, 6.45) is 3.65. The molecule has 1 aromatic rings. The number of Topliss-reactive ketones (excluding diaryl/α,β-unsaturated/α-hetero) is 2. The Morgan fingerprint density at radius 2 is 1.75 bits per heavy atom. The van der Waals surface area contributed by atoms with E-state index in [1.165, 1.54) is 0 Å². The van der Waals surface area contributed by atoms with Crippen molar-refractivity contribution in [3.05, 3.63) is 53.2 Å². The molecule has 0 unspecified atom stereocenters. The van der Waals surface area contributed by atoms with Gasteiger partial charge in [0.25, 0.3) is 0 Å². The van der Waals surface area contributed by atoms with Gasteiger partial charge < -0.3 is 5.32 Å². The minimum Gasteiger partial charge on any atom is -0.387 e. The van der Waals surface area contributed by atoms with Crippen LogP contribution >= 0.6 is 0 Å². The van der Waals surface area contributed by atoms with Crippen LogP contribution in [-0.4, -0.2) is 18.1 Å². The molecule has 2 aliphatic rings. The van der Waals surface area contributed by atoms with Gasteiger partial charge >= 0.3 is 0 Å². The van der Waals surface area contributed by atoms with E-state index in [2.05, 4.69) is 5.32 Å². The molecule has 0 bridgehead atoms. The Kier molecular flexibility index (Phi) is 1.80. The van der Waals surface area contributed by atoms with Gasteiger partial charge in [-0.25, -0.2) is 0 Å². The molecule has 0 saturated heterocycles. The topological polar surface area (TPSA) is 46.2 Å². The molecular formula is C13H9NO2. The molecule has 0 spiro atoms. The van der Waals surface area contributed by atoms with Gasteiger partial charge in [0.05, 0.1) is 0 Å². The number of hydrogen-bond donors (Lipinski definition) is 1. The maximum absolute atomic E-state index is 11.8. The van der Waals surface area contributed by atoms with Crippen molar-refractivity contribution < 1.29 is 9.59 Å². The summed E-state index contributed by atoms with van der Waals surface area (Å²) in [6, 6.07) is 7.24.